The van der Waals surface area contributed by atoms with Gasteiger partial charge in [0.15, 0.2) is 0 Å². The number of rotatable bonds is 4. The second-order valence-corrected chi connectivity index (χ2v) is 5.41. The zero-order valence-electron chi connectivity index (χ0n) is 12.6. The molecule has 0 amide bonds. The maximum Gasteiger partial charge on any atom is 0.511 e. The smallest absolute Gasteiger partial charge is 0.449 e. The van der Waals surface area contributed by atoms with E-state index >= 15 is 0 Å². The highest BCUT2D eigenvalue weighted by molar-refractivity contribution is 5.62. The summed E-state index contributed by atoms with van der Waals surface area (Å²) in [5, 5.41) is 17.2. The van der Waals surface area contributed by atoms with Crippen molar-refractivity contribution in [3.63, 3.8) is 0 Å². The third-order valence-corrected chi connectivity index (χ3v) is 3.56. The van der Waals surface area contributed by atoms with E-state index < -0.39 is 12.3 Å². The Morgan fingerprint density at radius 3 is 1.30 bits per heavy atom. The van der Waals surface area contributed by atoms with E-state index in [1.54, 1.807) is 48.5 Å². The third-order valence-electron chi connectivity index (χ3n) is 3.56. The highest BCUT2D eigenvalue weighted by atomic mass is 16.7. The first-order valence-electron chi connectivity index (χ1n) is 6.81. The highest BCUT2D eigenvalue weighted by Gasteiger charge is 2.23. The topological polar surface area (TPSA) is 93.1 Å². The predicted octanol–water partition coefficient (Wildman–Crippen LogP) is 4.13. The first kappa shape index (κ1) is 16.4. The van der Waals surface area contributed by atoms with Gasteiger partial charge in [-0.05, 0) is 35.4 Å². The lowest BCUT2D eigenvalue weighted by Gasteiger charge is -2.26. The van der Waals surface area contributed by atoms with Crippen LogP contribution < -0.4 is 9.47 Å². The summed E-state index contributed by atoms with van der Waals surface area (Å²) < 4.78 is 9.17. The molecule has 0 saturated heterocycles. The van der Waals surface area contributed by atoms with E-state index in [0.29, 0.717) is 0 Å². The Bertz CT molecular complexity index is 639. The number of carboxylic acid groups (broad SMARTS) is 2. The fourth-order valence-electron chi connectivity index (χ4n) is 2.25. The summed E-state index contributed by atoms with van der Waals surface area (Å²) in [7, 11) is 0. The predicted molar refractivity (Wildman–Crippen MR) is 82.3 cm³/mol. The van der Waals surface area contributed by atoms with Gasteiger partial charge in [-0.3, -0.25) is 0 Å². The molecule has 0 fully saturated rings. The van der Waals surface area contributed by atoms with Crippen molar-refractivity contribution < 1.29 is 29.3 Å². The number of carbonyl (C=O) groups is 2. The van der Waals surface area contributed by atoms with E-state index in [2.05, 4.69) is 9.47 Å². The minimum atomic E-state index is -1.36. The molecule has 6 nitrogen and oxygen atoms in total. The van der Waals surface area contributed by atoms with Gasteiger partial charge in [0.2, 0.25) is 0 Å². The van der Waals surface area contributed by atoms with E-state index in [-0.39, 0.29) is 16.9 Å². The van der Waals surface area contributed by atoms with E-state index in [0.717, 1.165) is 11.1 Å². The molecule has 0 unspecified atom stereocenters. The van der Waals surface area contributed by atoms with Gasteiger partial charge in [0, 0.05) is 5.41 Å². The van der Waals surface area contributed by atoms with Gasteiger partial charge in [0.05, 0.1) is 0 Å². The van der Waals surface area contributed by atoms with Crippen LogP contribution >= 0.6 is 0 Å². The summed E-state index contributed by atoms with van der Waals surface area (Å²) in [6, 6.07) is 13.5. The maximum atomic E-state index is 10.5. The average molecular weight is 316 g/mol. The highest BCUT2D eigenvalue weighted by Crippen LogP contribution is 2.33. The number of ether oxygens (including phenoxy) is 2. The first-order valence-corrected chi connectivity index (χ1v) is 6.81. The molecule has 6 heteroatoms. The molecule has 23 heavy (non-hydrogen) atoms. The molecule has 0 spiro atoms. The van der Waals surface area contributed by atoms with Crippen molar-refractivity contribution in [1.29, 1.82) is 0 Å². The molecule has 0 aromatic heterocycles. The van der Waals surface area contributed by atoms with Crippen LogP contribution in [0.25, 0.3) is 0 Å². The molecule has 2 aromatic carbocycles. The van der Waals surface area contributed by atoms with Crippen LogP contribution in [-0.2, 0) is 5.41 Å². The van der Waals surface area contributed by atoms with E-state index in [1.807, 2.05) is 13.8 Å². The lowest BCUT2D eigenvalue weighted by molar-refractivity contribution is 0.143. The minimum absolute atomic E-state index is 0.252. The lowest BCUT2D eigenvalue weighted by Crippen LogP contribution is -2.18. The molecule has 0 aliphatic heterocycles. The SMILES string of the molecule is CC(C)(c1ccc(OC(=O)O)cc1)c1ccc(OC(=O)O)cc1. The zero-order chi connectivity index (χ0) is 17.0. The van der Waals surface area contributed by atoms with Crippen molar-refractivity contribution in [2.75, 3.05) is 0 Å². The van der Waals surface area contributed by atoms with Gasteiger partial charge in [-0.2, -0.15) is 0 Å². The summed E-state index contributed by atoms with van der Waals surface area (Å²) in [5.41, 5.74) is 1.56. The van der Waals surface area contributed by atoms with Crippen molar-refractivity contribution in [1.82, 2.24) is 0 Å². The van der Waals surface area contributed by atoms with E-state index in [9.17, 15) is 9.59 Å². The van der Waals surface area contributed by atoms with Crippen molar-refractivity contribution in [3.05, 3.63) is 59.7 Å². The van der Waals surface area contributed by atoms with Gasteiger partial charge >= 0.3 is 12.3 Å². The number of hydrogen-bond acceptors (Lipinski definition) is 4. The molecule has 2 rings (SSSR count). The third kappa shape index (κ3) is 4.00. The Labute approximate surface area is 132 Å². The Hall–Kier alpha value is -3.02. The normalized spacial score (nSPS) is 10.9. The quantitative estimate of drug-likeness (QED) is 0.651. The summed E-state index contributed by atoms with van der Waals surface area (Å²) in [6.07, 6.45) is -2.71. The molecular formula is C17H16O6. The molecule has 0 aliphatic rings. The van der Waals surface area contributed by atoms with Crippen molar-refractivity contribution in [2.45, 2.75) is 19.3 Å². The summed E-state index contributed by atoms with van der Waals surface area (Å²) >= 11 is 0. The summed E-state index contributed by atoms with van der Waals surface area (Å²) in [5.74, 6) is 0.504. The molecule has 0 aliphatic carbocycles. The Morgan fingerprint density at radius 1 is 0.739 bits per heavy atom. The summed E-state index contributed by atoms with van der Waals surface area (Å²) in [4.78, 5) is 21.0. The van der Waals surface area contributed by atoms with Crippen molar-refractivity contribution in [2.24, 2.45) is 0 Å². The van der Waals surface area contributed by atoms with Crippen LogP contribution in [0, 0.1) is 0 Å². The fraction of sp³-hybridized carbons (Fsp3) is 0.176. The minimum Gasteiger partial charge on any atom is -0.449 e. The average Bonchev–Trinajstić information content (AvgIpc) is 2.47. The van der Waals surface area contributed by atoms with Gasteiger partial charge in [0.25, 0.3) is 0 Å². The number of benzene rings is 2. The Kier molecular flexibility index (Phi) is 4.55. The molecule has 0 heterocycles. The van der Waals surface area contributed by atoms with Gasteiger partial charge < -0.3 is 19.7 Å². The van der Waals surface area contributed by atoms with E-state index in [1.165, 1.54) is 0 Å². The van der Waals surface area contributed by atoms with Crippen LogP contribution in [0.2, 0.25) is 0 Å². The standard InChI is InChI=1S/C17H16O6/c1-17(2,11-3-7-13(8-4-11)22-15(18)19)12-5-9-14(10-6-12)23-16(20)21/h3-10H,1-2H3,(H,18,19)(H,20,21). The molecule has 120 valence electrons. The van der Waals surface area contributed by atoms with Gasteiger partial charge in [-0.1, -0.05) is 38.1 Å². The van der Waals surface area contributed by atoms with Crippen LogP contribution in [0.1, 0.15) is 25.0 Å². The summed E-state index contributed by atoms with van der Waals surface area (Å²) in [6.45, 7) is 4.01. The first-order chi connectivity index (χ1) is 10.8. The fourth-order valence-corrected chi connectivity index (χ4v) is 2.25. The molecule has 2 aromatic rings. The van der Waals surface area contributed by atoms with Crippen LogP contribution in [0.5, 0.6) is 11.5 Å². The lowest BCUT2D eigenvalue weighted by atomic mass is 9.78. The van der Waals surface area contributed by atoms with E-state index in [4.69, 9.17) is 10.2 Å². The largest absolute Gasteiger partial charge is 0.511 e. The van der Waals surface area contributed by atoms with Crippen LogP contribution in [0.4, 0.5) is 9.59 Å². The molecule has 0 atom stereocenters. The van der Waals surface area contributed by atoms with Gasteiger partial charge in [-0.15, -0.1) is 0 Å². The van der Waals surface area contributed by atoms with Gasteiger partial charge in [-0.25, -0.2) is 9.59 Å². The van der Waals surface area contributed by atoms with Gasteiger partial charge in [0.1, 0.15) is 11.5 Å². The second-order valence-electron chi connectivity index (χ2n) is 5.41. The molecule has 0 saturated carbocycles. The molecular weight excluding hydrogens is 300 g/mol. The zero-order valence-corrected chi connectivity index (χ0v) is 12.6. The molecule has 2 N–H and O–H groups in total. The molecule has 0 radical (unpaired) electrons. The van der Waals surface area contributed by atoms with Crippen LogP contribution in [0.3, 0.4) is 0 Å². The van der Waals surface area contributed by atoms with Crippen molar-refractivity contribution in [3.8, 4) is 11.5 Å². The second kappa shape index (κ2) is 6.39. The van der Waals surface area contributed by atoms with Crippen LogP contribution in [0.15, 0.2) is 48.5 Å². The van der Waals surface area contributed by atoms with Crippen LogP contribution in [-0.4, -0.2) is 22.5 Å². The Balaban J connectivity index is 2.23. The molecule has 0 bridgehead atoms. The van der Waals surface area contributed by atoms with Crippen molar-refractivity contribution >= 4 is 12.3 Å². The monoisotopic (exact) mass is 316 g/mol. The Morgan fingerprint density at radius 2 is 1.04 bits per heavy atom. The maximum absolute atomic E-state index is 10.5. The number of hydrogen-bond donors (Lipinski definition) is 2.